The van der Waals surface area contributed by atoms with E-state index in [4.69, 9.17) is 4.74 Å². The second kappa shape index (κ2) is 9.80. The molecule has 4 rings (SSSR count). The van der Waals surface area contributed by atoms with Gasteiger partial charge in [0, 0.05) is 5.69 Å². The summed E-state index contributed by atoms with van der Waals surface area (Å²) < 4.78 is 33.5. The van der Waals surface area contributed by atoms with E-state index < -0.39 is 10.0 Å². The minimum Gasteiger partial charge on any atom is -0.457 e. The quantitative estimate of drug-likeness (QED) is 0.369. The summed E-state index contributed by atoms with van der Waals surface area (Å²) in [6, 6.07) is 21.9. The molecule has 0 bridgehead atoms. The normalized spacial score (nSPS) is 11.1. The number of rotatable bonds is 8. The summed E-state index contributed by atoms with van der Waals surface area (Å²) >= 11 is 1.18. The van der Waals surface area contributed by atoms with Gasteiger partial charge in [-0.3, -0.25) is 9.52 Å². The lowest BCUT2D eigenvalue weighted by Gasteiger charge is -2.12. The Kier molecular flexibility index (Phi) is 6.66. The number of ether oxygens (including phenoxy) is 1. The number of benzene rings is 3. The van der Waals surface area contributed by atoms with Crippen LogP contribution in [0.25, 0.3) is 0 Å². The van der Waals surface area contributed by atoms with E-state index in [1.807, 2.05) is 25.1 Å². The Morgan fingerprint density at radius 2 is 1.64 bits per heavy atom. The van der Waals surface area contributed by atoms with Crippen LogP contribution in [0.1, 0.15) is 22.3 Å². The Labute approximate surface area is 195 Å². The molecule has 0 unspecified atom stereocenters. The van der Waals surface area contributed by atoms with E-state index in [0.717, 1.165) is 5.01 Å². The van der Waals surface area contributed by atoms with Crippen molar-refractivity contribution in [2.75, 3.05) is 10.0 Å². The Bertz CT molecular complexity index is 1350. The maximum Gasteiger partial charge on any atom is 0.263 e. The number of anilines is 2. The molecule has 0 atom stereocenters. The van der Waals surface area contributed by atoms with Gasteiger partial charge in [0.1, 0.15) is 16.5 Å². The molecule has 0 saturated heterocycles. The second-order valence-electron chi connectivity index (χ2n) is 6.85. The van der Waals surface area contributed by atoms with E-state index in [1.165, 1.54) is 35.6 Å². The molecule has 10 heteroatoms. The fourth-order valence-electron chi connectivity index (χ4n) is 2.89. The molecular weight excluding hydrogens is 460 g/mol. The molecule has 8 nitrogen and oxygen atoms in total. The smallest absolute Gasteiger partial charge is 0.263 e. The number of amides is 1. The molecule has 0 aliphatic rings. The van der Waals surface area contributed by atoms with Gasteiger partial charge in [-0.15, -0.1) is 10.2 Å². The van der Waals surface area contributed by atoms with Crippen LogP contribution < -0.4 is 14.8 Å². The fourth-order valence-corrected chi connectivity index (χ4v) is 4.80. The highest BCUT2D eigenvalue weighted by Gasteiger charge is 2.18. The van der Waals surface area contributed by atoms with Crippen LogP contribution in [0, 0.1) is 0 Å². The van der Waals surface area contributed by atoms with Gasteiger partial charge >= 0.3 is 0 Å². The Hall–Kier alpha value is -3.76. The topological polar surface area (TPSA) is 110 Å². The zero-order chi connectivity index (χ0) is 23.3. The van der Waals surface area contributed by atoms with E-state index in [1.54, 1.807) is 36.4 Å². The third-order valence-electron chi connectivity index (χ3n) is 4.52. The van der Waals surface area contributed by atoms with Crippen molar-refractivity contribution in [1.82, 2.24) is 10.2 Å². The average molecular weight is 481 g/mol. The van der Waals surface area contributed by atoms with Crippen molar-refractivity contribution < 1.29 is 17.9 Å². The molecule has 0 aliphatic carbocycles. The van der Waals surface area contributed by atoms with Crippen LogP contribution in [0.15, 0.2) is 83.8 Å². The van der Waals surface area contributed by atoms with Crippen molar-refractivity contribution in [3.05, 3.63) is 89.4 Å². The third kappa shape index (κ3) is 5.54. The molecule has 33 heavy (non-hydrogen) atoms. The Balaban J connectivity index is 1.46. The Morgan fingerprint density at radius 3 is 2.33 bits per heavy atom. The molecule has 0 spiro atoms. The average Bonchev–Trinajstić information content (AvgIpc) is 3.27. The summed E-state index contributed by atoms with van der Waals surface area (Å²) in [5, 5.41) is 11.5. The monoisotopic (exact) mass is 480 g/mol. The summed E-state index contributed by atoms with van der Waals surface area (Å²) in [6.07, 6.45) is 0.674. The first-order chi connectivity index (χ1) is 15.9. The van der Waals surface area contributed by atoms with Crippen molar-refractivity contribution in [2.45, 2.75) is 18.2 Å². The molecule has 2 N–H and O–H groups in total. The van der Waals surface area contributed by atoms with Crippen LogP contribution in [0.5, 0.6) is 11.5 Å². The number of aromatic nitrogens is 2. The maximum absolute atomic E-state index is 12.8. The number of para-hydroxylation sites is 2. The molecule has 4 aromatic rings. The van der Waals surface area contributed by atoms with Gasteiger partial charge in [-0.05, 0) is 55.0 Å². The summed E-state index contributed by atoms with van der Waals surface area (Å²) in [4.78, 5) is 12.9. The van der Waals surface area contributed by atoms with E-state index >= 15 is 0 Å². The van der Waals surface area contributed by atoms with E-state index in [2.05, 4.69) is 20.2 Å². The first kappa shape index (κ1) is 22.4. The number of hydrogen-bond acceptors (Lipinski definition) is 7. The first-order valence-corrected chi connectivity index (χ1v) is 12.3. The molecule has 0 fully saturated rings. The molecular formula is C23H20N4O4S2. The van der Waals surface area contributed by atoms with Crippen molar-refractivity contribution in [2.24, 2.45) is 0 Å². The number of sulfonamides is 1. The van der Waals surface area contributed by atoms with Gasteiger partial charge < -0.3 is 10.1 Å². The largest absolute Gasteiger partial charge is 0.457 e. The van der Waals surface area contributed by atoms with Crippen molar-refractivity contribution in [3.63, 3.8) is 0 Å². The van der Waals surface area contributed by atoms with Crippen LogP contribution in [0.4, 0.5) is 10.8 Å². The molecule has 0 saturated carbocycles. The minimum absolute atomic E-state index is 0.0431. The fraction of sp³-hybridized carbons (Fsp3) is 0.0870. The first-order valence-electron chi connectivity index (χ1n) is 10.0. The lowest BCUT2D eigenvalue weighted by Crippen LogP contribution is -2.14. The highest BCUT2D eigenvalue weighted by Crippen LogP contribution is 2.26. The number of carbonyl (C=O) groups excluding carboxylic acids is 1. The third-order valence-corrected chi connectivity index (χ3v) is 6.98. The van der Waals surface area contributed by atoms with Gasteiger partial charge in [-0.1, -0.05) is 48.6 Å². The second-order valence-corrected chi connectivity index (χ2v) is 9.59. The van der Waals surface area contributed by atoms with Gasteiger partial charge in [-0.2, -0.15) is 0 Å². The summed E-state index contributed by atoms with van der Waals surface area (Å²) in [7, 11) is -3.82. The molecule has 1 aromatic heterocycles. The standard InChI is InChI=1S/C23H20N4O4S2/c1-2-21-25-26-23(32-21)27-33(29,30)18-14-12-16(13-15-18)24-22(28)19-10-6-7-11-20(19)31-17-8-4-3-5-9-17/h3-15H,2H2,1H3,(H,24,28)(H,26,27). The molecule has 1 heterocycles. The number of nitrogens with one attached hydrogen (secondary N) is 2. The van der Waals surface area contributed by atoms with Crippen molar-refractivity contribution in [3.8, 4) is 11.5 Å². The SMILES string of the molecule is CCc1nnc(NS(=O)(=O)c2ccc(NC(=O)c3ccccc3Oc3ccccc3)cc2)s1. The van der Waals surface area contributed by atoms with Crippen LogP contribution in [0.3, 0.4) is 0 Å². The molecule has 0 radical (unpaired) electrons. The lowest BCUT2D eigenvalue weighted by molar-refractivity contribution is 0.102. The zero-order valence-electron chi connectivity index (χ0n) is 17.6. The maximum atomic E-state index is 12.8. The van der Waals surface area contributed by atoms with Crippen LogP contribution >= 0.6 is 11.3 Å². The number of aryl methyl sites for hydroxylation is 1. The highest BCUT2D eigenvalue weighted by atomic mass is 32.2. The van der Waals surface area contributed by atoms with Gasteiger partial charge in [0.25, 0.3) is 15.9 Å². The molecule has 1 amide bonds. The van der Waals surface area contributed by atoms with Crippen LogP contribution in [-0.2, 0) is 16.4 Å². The van der Waals surface area contributed by atoms with Crippen molar-refractivity contribution >= 4 is 38.1 Å². The highest BCUT2D eigenvalue weighted by molar-refractivity contribution is 7.93. The molecule has 3 aromatic carbocycles. The van der Waals surface area contributed by atoms with Gasteiger partial charge in [0.05, 0.1) is 10.5 Å². The summed E-state index contributed by atoms with van der Waals surface area (Å²) in [5.74, 6) is 0.644. The summed E-state index contributed by atoms with van der Waals surface area (Å²) in [6.45, 7) is 1.91. The van der Waals surface area contributed by atoms with E-state index in [9.17, 15) is 13.2 Å². The van der Waals surface area contributed by atoms with E-state index in [-0.39, 0.29) is 15.9 Å². The predicted octanol–water partition coefficient (Wildman–Crippen LogP) is 4.95. The van der Waals surface area contributed by atoms with Gasteiger partial charge in [0.2, 0.25) is 5.13 Å². The zero-order valence-corrected chi connectivity index (χ0v) is 19.2. The molecule has 168 valence electrons. The predicted molar refractivity (Wildman–Crippen MR) is 127 cm³/mol. The lowest BCUT2D eigenvalue weighted by atomic mass is 10.2. The number of nitrogens with zero attached hydrogens (tertiary/aromatic N) is 2. The van der Waals surface area contributed by atoms with Crippen LogP contribution in [-0.4, -0.2) is 24.5 Å². The van der Waals surface area contributed by atoms with Gasteiger partial charge in [-0.25, -0.2) is 8.42 Å². The Morgan fingerprint density at radius 1 is 0.939 bits per heavy atom. The minimum atomic E-state index is -3.82. The van der Waals surface area contributed by atoms with E-state index in [0.29, 0.717) is 29.2 Å². The van der Waals surface area contributed by atoms with Crippen molar-refractivity contribution in [1.29, 1.82) is 0 Å². The summed E-state index contributed by atoms with van der Waals surface area (Å²) in [5.41, 5.74) is 0.792. The van der Waals surface area contributed by atoms with Gasteiger partial charge in [0.15, 0.2) is 0 Å². The number of hydrogen-bond donors (Lipinski definition) is 2. The molecule has 0 aliphatic heterocycles. The van der Waals surface area contributed by atoms with Crippen LogP contribution in [0.2, 0.25) is 0 Å². The number of carbonyl (C=O) groups is 1.